The minimum atomic E-state index is -0.427. The van der Waals surface area contributed by atoms with Crippen molar-refractivity contribution in [3.8, 4) is 6.07 Å². The molecule has 0 saturated carbocycles. The van der Waals surface area contributed by atoms with Crippen molar-refractivity contribution in [2.24, 2.45) is 0 Å². The first kappa shape index (κ1) is 19.2. The number of carbonyl (C=O) groups excluding carboxylic acids is 2. The zero-order chi connectivity index (χ0) is 19.9. The van der Waals surface area contributed by atoms with Crippen molar-refractivity contribution in [1.82, 2.24) is 4.90 Å². The number of para-hydroxylation sites is 1. The Morgan fingerprint density at radius 1 is 1.00 bits per heavy atom. The number of anilines is 1. The maximum atomic E-state index is 12.7. The summed E-state index contributed by atoms with van der Waals surface area (Å²) in [5, 5.41) is 9.45. The number of esters is 1. The molecule has 0 bridgehead atoms. The van der Waals surface area contributed by atoms with Crippen LogP contribution in [0.2, 0.25) is 0 Å². The Bertz CT molecular complexity index is 906. The number of carbonyl (C=O) groups is 2. The highest BCUT2D eigenvalue weighted by Gasteiger charge is 2.23. The van der Waals surface area contributed by atoms with Gasteiger partial charge in [0.25, 0.3) is 5.91 Å². The van der Waals surface area contributed by atoms with Crippen LogP contribution in [0, 0.1) is 11.3 Å². The molecule has 0 atom stereocenters. The van der Waals surface area contributed by atoms with E-state index < -0.39 is 5.97 Å². The molecule has 28 heavy (non-hydrogen) atoms. The van der Waals surface area contributed by atoms with Crippen molar-refractivity contribution in [3.63, 3.8) is 0 Å². The van der Waals surface area contributed by atoms with E-state index in [2.05, 4.69) is 21.8 Å². The number of nitrogens with zero attached hydrogens (tertiary/aromatic N) is 3. The van der Waals surface area contributed by atoms with Crippen LogP contribution in [-0.4, -0.2) is 50.1 Å². The maximum Gasteiger partial charge on any atom is 0.337 e. The minimum absolute atomic E-state index is 0.0824. The number of ether oxygens (including phenoxy) is 1. The highest BCUT2D eigenvalue weighted by atomic mass is 16.5. The van der Waals surface area contributed by atoms with Crippen LogP contribution in [0.3, 0.4) is 0 Å². The largest absolute Gasteiger partial charge is 0.465 e. The molecule has 2 aromatic carbocycles. The van der Waals surface area contributed by atoms with Crippen LogP contribution in [0.1, 0.15) is 15.9 Å². The van der Waals surface area contributed by atoms with Gasteiger partial charge in [0, 0.05) is 31.9 Å². The van der Waals surface area contributed by atoms with Gasteiger partial charge in [-0.15, -0.1) is 0 Å². The Morgan fingerprint density at radius 2 is 1.64 bits per heavy atom. The van der Waals surface area contributed by atoms with E-state index in [1.54, 1.807) is 35.2 Å². The fraction of sp³-hybridized carbons (Fsp3) is 0.227. The van der Waals surface area contributed by atoms with Gasteiger partial charge in [0.2, 0.25) is 0 Å². The fourth-order valence-electron chi connectivity index (χ4n) is 3.12. The van der Waals surface area contributed by atoms with Crippen molar-refractivity contribution in [2.75, 3.05) is 38.2 Å². The van der Waals surface area contributed by atoms with Crippen molar-refractivity contribution >= 4 is 23.6 Å². The number of hydrogen-bond acceptors (Lipinski definition) is 5. The Hall–Kier alpha value is -3.59. The number of nitriles is 1. The number of methoxy groups -OCH3 is 1. The maximum absolute atomic E-state index is 12.7. The monoisotopic (exact) mass is 375 g/mol. The number of hydrogen-bond donors (Lipinski definition) is 0. The van der Waals surface area contributed by atoms with E-state index in [0.717, 1.165) is 18.8 Å². The number of benzene rings is 2. The van der Waals surface area contributed by atoms with Gasteiger partial charge in [-0.3, -0.25) is 4.79 Å². The predicted octanol–water partition coefficient (Wildman–Crippen LogP) is 2.73. The molecular weight excluding hydrogens is 354 g/mol. The van der Waals surface area contributed by atoms with Crippen LogP contribution >= 0.6 is 0 Å². The van der Waals surface area contributed by atoms with E-state index >= 15 is 0 Å². The van der Waals surface area contributed by atoms with Gasteiger partial charge in [0.15, 0.2) is 0 Å². The Labute approximate surface area is 164 Å². The molecule has 0 radical (unpaired) electrons. The number of rotatable bonds is 4. The van der Waals surface area contributed by atoms with Crippen molar-refractivity contribution < 1.29 is 14.3 Å². The van der Waals surface area contributed by atoms with Crippen LogP contribution in [0.4, 0.5) is 5.69 Å². The van der Waals surface area contributed by atoms with Crippen LogP contribution in [-0.2, 0) is 9.53 Å². The predicted molar refractivity (Wildman–Crippen MR) is 107 cm³/mol. The summed E-state index contributed by atoms with van der Waals surface area (Å²) in [5.74, 6) is -0.698. The fourth-order valence-corrected chi connectivity index (χ4v) is 3.12. The second-order valence-electron chi connectivity index (χ2n) is 6.40. The van der Waals surface area contributed by atoms with Gasteiger partial charge in [-0.1, -0.05) is 30.3 Å². The van der Waals surface area contributed by atoms with Gasteiger partial charge >= 0.3 is 5.97 Å². The smallest absolute Gasteiger partial charge is 0.337 e. The van der Waals surface area contributed by atoms with E-state index in [0.29, 0.717) is 24.2 Å². The summed E-state index contributed by atoms with van der Waals surface area (Å²) in [5.41, 5.74) is 2.32. The number of piperazine rings is 1. The van der Waals surface area contributed by atoms with Crippen LogP contribution in [0.5, 0.6) is 0 Å². The summed E-state index contributed by atoms with van der Waals surface area (Å²) in [6.07, 6.45) is 1.55. The van der Waals surface area contributed by atoms with Gasteiger partial charge in [-0.05, 0) is 35.9 Å². The molecule has 0 N–H and O–H groups in total. The second kappa shape index (κ2) is 8.87. The third-order valence-electron chi connectivity index (χ3n) is 4.68. The molecule has 0 aliphatic carbocycles. The molecule has 1 saturated heterocycles. The third-order valence-corrected chi connectivity index (χ3v) is 4.68. The Balaban J connectivity index is 1.66. The topological polar surface area (TPSA) is 73.6 Å². The lowest BCUT2D eigenvalue weighted by atomic mass is 10.1. The Morgan fingerprint density at radius 3 is 2.21 bits per heavy atom. The molecule has 1 aliphatic heterocycles. The average molecular weight is 375 g/mol. The Kier molecular flexibility index (Phi) is 6.07. The summed E-state index contributed by atoms with van der Waals surface area (Å²) in [6.45, 7) is 2.58. The normalized spacial score (nSPS) is 14.4. The number of amides is 1. The molecule has 1 heterocycles. The SMILES string of the molecule is COC(=O)c1ccc(/C=C(/C#N)C(=O)N2CCN(c3ccccc3)CC2)cc1. The lowest BCUT2D eigenvalue weighted by Crippen LogP contribution is -2.49. The standard InChI is InChI=1S/C22H21N3O3/c1-28-22(27)18-9-7-17(8-10-18)15-19(16-23)21(26)25-13-11-24(12-14-25)20-5-3-2-4-6-20/h2-10,15H,11-14H2,1H3/b19-15-. The highest BCUT2D eigenvalue weighted by molar-refractivity contribution is 6.02. The van der Waals surface area contributed by atoms with Crippen molar-refractivity contribution in [3.05, 3.63) is 71.3 Å². The van der Waals surface area contributed by atoms with E-state index in [-0.39, 0.29) is 11.5 Å². The van der Waals surface area contributed by atoms with Gasteiger partial charge in [-0.25, -0.2) is 4.79 Å². The average Bonchev–Trinajstić information content (AvgIpc) is 2.77. The van der Waals surface area contributed by atoms with Crippen molar-refractivity contribution in [1.29, 1.82) is 5.26 Å². The molecule has 6 nitrogen and oxygen atoms in total. The molecule has 1 amide bonds. The summed E-state index contributed by atoms with van der Waals surface area (Å²) >= 11 is 0. The lowest BCUT2D eigenvalue weighted by molar-refractivity contribution is -0.126. The first-order valence-electron chi connectivity index (χ1n) is 9.02. The van der Waals surface area contributed by atoms with Gasteiger partial charge in [0.05, 0.1) is 12.7 Å². The lowest BCUT2D eigenvalue weighted by Gasteiger charge is -2.36. The zero-order valence-electron chi connectivity index (χ0n) is 15.7. The molecule has 0 aromatic heterocycles. The highest BCUT2D eigenvalue weighted by Crippen LogP contribution is 2.17. The van der Waals surface area contributed by atoms with Gasteiger partial charge in [-0.2, -0.15) is 5.26 Å². The van der Waals surface area contributed by atoms with Gasteiger partial charge in [0.1, 0.15) is 11.6 Å². The molecule has 142 valence electrons. The zero-order valence-corrected chi connectivity index (χ0v) is 15.7. The van der Waals surface area contributed by atoms with Crippen LogP contribution < -0.4 is 4.90 Å². The quantitative estimate of drug-likeness (QED) is 0.467. The molecular formula is C22H21N3O3. The van der Waals surface area contributed by atoms with E-state index in [1.165, 1.54) is 7.11 Å². The first-order chi connectivity index (χ1) is 13.6. The molecule has 3 rings (SSSR count). The van der Waals surface area contributed by atoms with Gasteiger partial charge < -0.3 is 14.5 Å². The summed E-state index contributed by atoms with van der Waals surface area (Å²) in [4.78, 5) is 28.2. The molecule has 6 heteroatoms. The third kappa shape index (κ3) is 4.38. The first-order valence-corrected chi connectivity index (χ1v) is 9.02. The van der Waals surface area contributed by atoms with Crippen LogP contribution in [0.15, 0.2) is 60.2 Å². The molecule has 0 spiro atoms. The second-order valence-corrected chi connectivity index (χ2v) is 6.40. The molecule has 1 fully saturated rings. The molecule has 0 unspecified atom stereocenters. The summed E-state index contributed by atoms with van der Waals surface area (Å²) in [7, 11) is 1.32. The minimum Gasteiger partial charge on any atom is -0.465 e. The molecule has 1 aliphatic rings. The summed E-state index contributed by atoms with van der Waals surface area (Å²) in [6, 6.07) is 18.7. The molecule has 2 aromatic rings. The summed E-state index contributed by atoms with van der Waals surface area (Å²) < 4.78 is 4.67. The van der Waals surface area contributed by atoms with E-state index in [9.17, 15) is 14.9 Å². The van der Waals surface area contributed by atoms with Crippen molar-refractivity contribution in [2.45, 2.75) is 0 Å². The van der Waals surface area contributed by atoms with Crippen LogP contribution in [0.25, 0.3) is 6.08 Å². The van der Waals surface area contributed by atoms with E-state index in [1.807, 2.05) is 24.3 Å². The van der Waals surface area contributed by atoms with E-state index in [4.69, 9.17) is 0 Å².